The van der Waals surface area contributed by atoms with Gasteiger partial charge in [0.25, 0.3) is 5.91 Å². The number of ether oxygens (including phenoxy) is 1. The Hall–Kier alpha value is -3.28. The second-order valence-corrected chi connectivity index (χ2v) is 7.96. The highest BCUT2D eigenvalue weighted by Gasteiger charge is 2.34. The second kappa shape index (κ2) is 9.25. The summed E-state index contributed by atoms with van der Waals surface area (Å²) in [4.78, 5) is 31.0. The first-order valence-corrected chi connectivity index (χ1v) is 11.0. The van der Waals surface area contributed by atoms with Crippen LogP contribution in [0.3, 0.4) is 0 Å². The molecule has 0 spiro atoms. The van der Waals surface area contributed by atoms with Crippen molar-refractivity contribution in [2.45, 2.75) is 51.7 Å². The maximum Gasteiger partial charge on any atom is 0.263 e. The van der Waals surface area contributed by atoms with Crippen molar-refractivity contribution in [3.05, 3.63) is 60.3 Å². The number of aromatic amines is 1. The average Bonchev–Trinajstić information content (AvgIpc) is 3.23. The Morgan fingerprint density at radius 1 is 1.13 bits per heavy atom. The van der Waals surface area contributed by atoms with Crippen LogP contribution in [0.5, 0.6) is 5.75 Å². The third-order valence-electron chi connectivity index (χ3n) is 5.98. The van der Waals surface area contributed by atoms with Crippen LogP contribution in [0.15, 0.2) is 54.7 Å². The normalized spacial score (nSPS) is 15.6. The number of para-hydroxylation sites is 3. The Balaban J connectivity index is 1.50. The first-order chi connectivity index (χ1) is 15.1. The standard InChI is InChI=1S/C25H29N3O3/c1-3-18(4-2)27-25(30)23-16-28(21-11-7-8-12-22(21)31-23)24(29)14-13-17-15-26-20-10-6-5-9-19(17)20/h5-12,15,18,23,26H,3-4,13-14,16H2,1-2H3,(H,27,30). The van der Waals surface area contributed by atoms with Crippen molar-refractivity contribution < 1.29 is 14.3 Å². The SMILES string of the molecule is CCC(CC)NC(=O)C1CN(C(=O)CCc2c[nH]c3ccccc23)c2ccccc2O1. The molecule has 3 aromatic rings. The minimum absolute atomic E-state index is 0.0126. The molecule has 2 N–H and O–H groups in total. The lowest BCUT2D eigenvalue weighted by atomic mass is 10.1. The molecule has 1 aliphatic rings. The summed E-state index contributed by atoms with van der Waals surface area (Å²) in [6, 6.07) is 15.6. The number of fused-ring (bicyclic) bond motifs is 2. The number of H-pyrrole nitrogens is 1. The average molecular weight is 420 g/mol. The Morgan fingerprint density at radius 3 is 2.68 bits per heavy atom. The zero-order chi connectivity index (χ0) is 21.8. The Bertz CT molecular complexity index is 1070. The number of anilines is 1. The van der Waals surface area contributed by atoms with Gasteiger partial charge in [-0.2, -0.15) is 0 Å². The summed E-state index contributed by atoms with van der Waals surface area (Å²) >= 11 is 0. The highest BCUT2D eigenvalue weighted by molar-refractivity contribution is 5.97. The first kappa shape index (κ1) is 21.0. The van der Waals surface area contributed by atoms with Crippen LogP contribution >= 0.6 is 0 Å². The van der Waals surface area contributed by atoms with Crippen molar-refractivity contribution in [2.24, 2.45) is 0 Å². The monoisotopic (exact) mass is 419 g/mol. The zero-order valence-corrected chi connectivity index (χ0v) is 18.1. The quantitative estimate of drug-likeness (QED) is 0.603. The lowest BCUT2D eigenvalue weighted by Crippen LogP contribution is -2.52. The molecule has 0 fully saturated rings. The van der Waals surface area contributed by atoms with Gasteiger partial charge < -0.3 is 19.9 Å². The summed E-state index contributed by atoms with van der Waals surface area (Å²) < 4.78 is 5.96. The van der Waals surface area contributed by atoms with Gasteiger partial charge in [0, 0.05) is 29.6 Å². The molecule has 4 rings (SSSR count). The predicted molar refractivity (Wildman–Crippen MR) is 122 cm³/mol. The van der Waals surface area contributed by atoms with E-state index < -0.39 is 6.10 Å². The molecule has 1 unspecified atom stereocenters. The molecule has 31 heavy (non-hydrogen) atoms. The van der Waals surface area contributed by atoms with Gasteiger partial charge in [0.2, 0.25) is 5.91 Å². The third-order valence-corrected chi connectivity index (χ3v) is 5.98. The van der Waals surface area contributed by atoms with Gasteiger partial charge in [-0.15, -0.1) is 0 Å². The van der Waals surface area contributed by atoms with E-state index in [4.69, 9.17) is 4.74 Å². The zero-order valence-electron chi connectivity index (χ0n) is 18.1. The van der Waals surface area contributed by atoms with Crippen LogP contribution in [-0.4, -0.2) is 35.5 Å². The number of aromatic nitrogens is 1. The van der Waals surface area contributed by atoms with Crippen LogP contribution in [0.4, 0.5) is 5.69 Å². The molecule has 0 saturated heterocycles. The molecule has 6 nitrogen and oxygen atoms in total. The van der Waals surface area contributed by atoms with E-state index >= 15 is 0 Å². The number of amides is 2. The number of benzene rings is 2. The summed E-state index contributed by atoms with van der Waals surface area (Å²) in [7, 11) is 0. The molecule has 1 aromatic heterocycles. The molecule has 0 bridgehead atoms. The van der Waals surface area contributed by atoms with Gasteiger partial charge in [0.15, 0.2) is 6.10 Å². The van der Waals surface area contributed by atoms with E-state index in [1.807, 2.05) is 62.5 Å². The van der Waals surface area contributed by atoms with Crippen molar-refractivity contribution in [3.63, 3.8) is 0 Å². The van der Waals surface area contributed by atoms with Gasteiger partial charge in [-0.1, -0.05) is 44.2 Å². The van der Waals surface area contributed by atoms with Crippen molar-refractivity contribution in [3.8, 4) is 5.75 Å². The smallest absolute Gasteiger partial charge is 0.263 e. The lowest BCUT2D eigenvalue weighted by Gasteiger charge is -2.34. The summed E-state index contributed by atoms with van der Waals surface area (Å²) in [5, 5.41) is 4.18. The van der Waals surface area contributed by atoms with E-state index in [9.17, 15) is 9.59 Å². The molecule has 1 aliphatic heterocycles. The van der Waals surface area contributed by atoms with Crippen molar-refractivity contribution in [1.29, 1.82) is 0 Å². The minimum Gasteiger partial charge on any atom is -0.477 e. The minimum atomic E-state index is -0.715. The number of rotatable bonds is 7. The van der Waals surface area contributed by atoms with Gasteiger partial charge in [0.1, 0.15) is 5.75 Å². The molecule has 0 aliphatic carbocycles. The largest absolute Gasteiger partial charge is 0.477 e. The van der Waals surface area contributed by atoms with Crippen molar-refractivity contribution >= 4 is 28.4 Å². The molecular formula is C25H29N3O3. The molecule has 162 valence electrons. The van der Waals surface area contributed by atoms with E-state index in [1.165, 1.54) is 0 Å². The van der Waals surface area contributed by atoms with Crippen LogP contribution in [0.2, 0.25) is 0 Å². The fraction of sp³-hybridized carbons (Fsp3) is 0.360. The summed E-state index contributed by atoms with van der Waals surface area (Å²) in [6.45, 7) is 4.31. The van der Waals surface area contributed by atoms with Gasteiger partial charge >= 0.3 is 0 Å². The molecular weight excluding hydrogens is 390 g/mol. The van der Waals surface area contributed by atoms with Crippen molar-refractivity contribution in [1.82, 2.24) is 10.3 Å². The number of hydrogen-bond acceptors (Lipinski definition) is 3. The maximum absolute atomic E-state index is 13.2. The number of nitrogens with one attached hydrogen (secondary N) is 2. The fourth-order valence-corrected chi connectivity index (χ4v) is 4.11. The van der Waals surface area contributed by atoms with E-state index in [0.717, 1.165) is 35.0 Å². The van der Waals surface area contributed by atoms with Gasteiger partial charge in [-0.25, -0.2) is 0 Å². The Morgan fingerprint density at radius 2 is 1.87 bits per heavy atom. The molecule has 0 radical (unpaired) electrons. The third kappa shape index (κ3) is 4.43. The van der Waals surface area contributed by atoms with Gasteiger partial charge in [-0.05, 0) is 43.0 Å². The van der Waals surface area contributed by atoms with Crippen LogP contribution < -0.4 is 15.0 Å². The molecule has 6 heteroatoms. The fourth-order valence-electron chi connectivity index (χ4n) is 4.11. The number of hydrogen-bond donors (Lipinski definition) is 2. The molecule has 1 atom stereocenters. The molecule has 0 saturated carbocycles. The number of aryl methyl sites for hydroxylation is 1. The van der Waals surface area contributed by atoms with Gasteiger partial charge in [-0.3, -0.25) is 9.59 Å². The molecule has 2 amide bonds. The topological polar surface area (TPSA) is 74.4 Å². The van der Waals surface area contributed by atoms with Crippen molar-refractivity contribution in [2.75, 3.05) is 11.4 Å². The molecule has 2 heterocycles. The first-order valence-electron chi connectivity index (χ1n) is 11.0. The number of carbonyl (C=O) groups is 2. The van der Waals surface area contributed by atoms with E-state index in [2.05, 4.69) is 16.4 Å². The Kier molecular flexibility index (Phi) is 6.26. The predicted octanol–water partition coefficient (Wildman–Crippen LogP) is 4.20. The van der Waals surface area contributed by atoms with Crippen LogP contribution in [0.1, 0.15) is 38.7 Å². The summed E-state index contributed by atoms with van der Waals surface area (Å²) in [5.41, 5.74) is 2.91. The van der Waals surface area contributed by atoms with E-state index in [1.54, 1.807) is 4.90 Å². The highest BCUT2D eigenvalue weighted by Crippen LogP contribution is 2.34. The van der Waals surface area contributed by atoms with Gasteiger partial charge in [0.05, 0.1) is 12.2 Å². The maximum atomic E-state index is 13.2. The second-order valence-electron chi connectivity index (χ2n) is 7.96. The van der Waals surface area contributed by atoms with Crippen LogP contribution in [0, 0.1) is 0 Å². The summed E-state index contributed by atoms with van der Waals surface area (Å²) in [5.74, 6) is 0.387. The van der Waals surface area contributed by atoms with E-state index in [0.29, 0.717) is 18.6 Å². The Labute approximate surface area is 182 Å². The molecule has 2 aromatic carbocycles. The van der Waals surface area contributed by atoms with Crippen LogP contribution in [0.25, 0.3) is 10.9 Å². The highest BCUT2D eigenvalue weighted by atomic mass is 16.5. The van der Waals surface area contributed by atoms with Crippen LogP contribution in [-0.2, 0) is 16.0 Å². The summed E-state index contributed by atoms with van der Waals surface area (Å²) in [6.07, 6.45) is 3.96. The number of carbonyl (C=O) groups excluding carboxylic acids is 2. The lowest BCUT2D eigenvalue weighted by molar-refractivity contribution is -0.129. The number of nitrogens with zero attached hydrogens (tertiary/aromatic N) is 1. The van der Waals surface area contributed by atoms with E-state index in [-0.39, 0.29) is 24.4 Å².